The van der Waals surface area contributed by atoms with Gasteiger partial charge in [0.2, 0.25) is 6.20 Å². The van der Waals surface area contributed by atoms with Crippen molar-refractivity contribution in [3.8, 4) is 5.75 Å². The summed E-state index contributed by atoms with van der Waals surface area (Å²) in [7, 11) is 0. The Bertz CT molecular complexity index is 232. The van der Waals surface area contributed by atoms with Crippen LogP contribution in [0.25, 0.3) is 0 Å². The molecule has 0 unspecified atom stereocenters. The van der Waals surface area contributed by atoms with Gasteiger partial charge in [-0.3, -0.25) is 0 Å². The number of ether oxygens (including phenoxy) is 1. The van der Waals surface area contributed by atoms with Crippen molar-refractivity contribution in [1.82, 2.24) is 0 Å². The number of hydrogen-bond acceptors (Lipinski definition) is 3. The van der Waals surface area contributed by atoms with Crippen LogP contribution in [0, 0.1) is 5.21 Å². The molecule has 4 nitrogen and oxygen atoms in total. The van der Waals surface area contributed by atoms with E-state index < -0.39 is 0 Å². The molecule has 0 amide bonds. The molecular formula is C7H11ClN2O2. The van der Waals surface area contributed by atoms with Gasteiger partial charge in [-0.2, -0.15) is 4.73 Å². The molecule has 0 fully saturated rings. The van der Waals surface area contributed by atoms with Gasteiger partial charge in [-0.15, -0.1) is 12.4 Å². The van der Waals surface area contributed by atoms with E-state index in [1.54, 1.807) is 12.1 Å². The third kappa shape index (κ3) is 3.41. The fraction of sp³-hybridized carbons (Fsp3) is 0.286. The molecule has 2 N–H and O–H groups in total. The van der Waals surface area contributed by atoms with Crippen LogP contribution in [0.2, 0.25) is 0 Å². The van der Waals surface area contributed by atoms with E-state index >= 15 is 0 Å². The van der Waals surface area contributed by atoms with Crippen molar-refractivity contribution in [3.63, 3.8) is 0 Å². The van der Waals surface area contributed by atoms with Gasteiger partial charge in [0.25, 0.3) is 0 Å². The molecule has 1 heterocycles. The van der Waals surface area contributed by atoms with E-state index in [2.05, 4.69) is 0 Å². The maximum Gasteiger partial charge on any atom is 0.222 e. The molecule has 0 aliphatic rings. The molecule has 0 bridgehead atoms. The molecule has 0 atom stereocenters. The summed E-state index contributed by atoms with van der Waals surface area (Å²) in [6.07, 6.45) is 2.75. The zero-order chi connectivity index (χ0) is 8.10. The number of rotatable bonds is 3. The van der Waals surface area contributed by atoms with Gasteiger partial charge in [-0.1, -0.05) is 0 Å². The fourth-order valence-corrected chi connectivity index (χ4v) is 0.696. The summed E-state index contributed by atoms with van der Waals surface area (Å²) < 4.78 is 5.78. The number of nitrogens with zero attached hydrogens (tertiary/aromatic N) is 1. The van der Waals surface area contributed by atoms with E-state index in [0.29, 0.717) is 23.6 Å². The number of hydrogen-bond donors (Lipinski definition) is 1. The number of aromatic nitrogens is 1. The Labute approximate surface area is 76.9 Å². The molecule has 0 radical (unpaired) electrons. The highest BCUT2D eigenvalue weighted by Crippen LogP contribution is 2.03. The minimum atomic E-state index is 0. The van der Waals surface area contributed by atoms with Crippen LogP contribution in [-0.2, 0) is 0 Å². The van der Waals surface area contributed by atoms with Gasteiger partial charge < -0.3 is 15.7 Å². The average molecular weight is 191 g/mol. The lowest BCUT2D eigenvalue weighted by Gasteiger charge is -2.02. The zero-order valence-electron chi connectivity index (χ0n) is 6.47. The Morgan fingerprint density at radius 3 is 2.92 bits per heavy atom. The molecule has 5 heteroatoms. The first-order valence-corrected chi connectivity index (χ1v) is 3.34. The van der Waals surface area contributed by atoms with Crippen LogP contribution in [-0.4, -0.2) is 13.2 Å². The Kier molecular flexibility index (Phi) is 5.16. The highest BCUT2D eigenvalue weighted by Gasteiger charge is 1.95. The van der Waals surface area contributed by atoms with Gasteiger partial charge in [-0.05, 0) is 6.07 Å². The fourth-order valence-electron chi connectivity index (χ4n) is 0.696. The summed E-state index contributed by atoms with van der Waals surface area (Å²) in [6.45, 7) is 0.887. The SMILES string of the molecule is Cl.NCCOc1ccc[n+]([O-])c1. The van der Waals surface area contributed by atoms with Crippen LogP contribution in [0.3, 0.4) is 0 Å². The predicted molar refractivity (Wildman–Crippen MR) is 47.2 cm³/mol. The zero-order valence-corrected chi connectivity index (χ0v) is 7.29. The predicted octanol–water partition coefficient (Wildman–Crippen LogP) is 0.0793. The molecule has 0 aromatic carbocycles. The molecule has 0 aliphatic carbocycles. The van der Waals surface area contributed by atoms with Crippen molar-refractivity contribution in [2.45, 2.75) is 0 Å². The standard InChI is InChI=1S/C7H10N2O2.ClH/c8-3-5-11-7-2-1-4-9(10)6-7;/h1-2,4,6H,3,5,8H2;1H. The minimum Gasteiger partial charge on any atom is -0.619 e. The molecular weight excluding hydrogens is 180 g/mol. The molecule has 0 aliphatic heterocycles. The maximum atomic E-state index is 10.7. The van der Waals surface area contributed by atoms with Gasteiger partial charge in [0.05, 0.1) is 0 Å². The molecule has 1 rings (SSSR count). The molecule has 0 saturated heterocycles. The van der Waals surface area contributed by atoms with Gasteiger partial charge >= 0.3 is 0 Å². The first-order valence-electron chi connectivity index (χ1n) is 3.34. The first-order chi connectivity index (χ1) is 5.33. The third-order valence-electron chi connectivity index (χ3n) is 1.13. The second-order valence-corrected chi connectivity index (χ2v) is 2.04. The van der Waals surface area contributed by atoms with Crippen LogP contribution in [0.5, 0.6) is 5.75 Å². The molecule has 1 aromatic rings. The number of halogens is 1. The molecule has 12 heavy (non-hydrogen) atoms. The van der Waals surface area contributed by atoms with E-state index in [4.69, 9.17) is 10.5 Å². The molecule has 1 aromatic heterocycles. The highest BCUT2D eigenvalue weighted by atomic mass is 35.5. The van der Waals surface area contributed by atoms with Gasteiger partial charge in [0, 0.05) is 12.6 Å². The lowest BCUT2D eigenvalue weighted by Crippen LogP contribution is -2.24. The smallest absolute Gasteiger partial charge is 0.222 e. The summed E-state index contributed by atoms with van der Waals surface area (Å²) in [4.78, 5) is 0. The van der Waals surface area contributed by atoms with E-state index in [9.17, 15) is 5.21 Å². The van der Waals surface area contributed by atoms with Crippen LogP contribution in [0.4, 0.5) is 0 Å². The van der Waals surface area contributed by atoms with Crippen LogP contribution in [0.15, 0.2) is 24.5 Å². The summed E-state index contributed by atoms with van der Waals surface area (Å²) >= 11 is 0. The van der Waals surface area contributed by atoms with E-state index in [1.165, 1.54) is 12.4 Å². The monoisotopic (exact) mass is 190 g/mol. The largest absolute Gasteiger partial charge is 0.619 e. The van der Waals surface area contributed by atoms with E-state index in [-0.39, 0.29) is 12.4 Å². The minimum absolute atomic E-state index is 0. The lowest BCUT2D eigenvalue weighted by atomic mass is 10.5. The number of pyridine rings is 1. The summed E-state index contributed by atoms with van der Waals surface area (Å²) in [5, 5.41) is 10.7. The van der Waals surface area contributed by atoms with Gasteiger partial charge in [0.1, 0.15) is 6.61 Å². The molecule has 0 saturated carbocycles. The van der Waals surface area contributed by atoms with Crippen molar-refractivity contribution in [3.05, 3.63) is 29.7 Å². The summed E-state index contributed by atoms with van der Waals surface area (Å²) in [6, 6.07) is 3.34. The third-order valence-corrected chi connectivity index (χ3v) is 1.13. The van der Waals surface area contributed by atoms with Crippen molar-refractivity contribution < 1.29 is 9.47 Å². The van der Waals surface area contributed by atoms with Crippen LogP contribution >= 0.6 is 12.4 Å². The normalized spacial score (nSPS) is 8.75. The molecule has 0 spiro atoms. The van der Waals surface area contributed by atoms with Crippen LogP contribution in [0.1, 0.15) is 0 Å². The Morgan fingerprint density at radius 2 is 2.33 bits per heavy atom. The Morgan fingerprint density at radius 1 is 1.58 bits per heavy atom. The maximum absolute atomic E-state index is 10.7. The van der Waals surface area contributed by atoms with Crippen molar-refractivity contribution in [2.24, 2.45) is 5.73 Å². The lowest BCUT2D eigenvalue weighted by molar-refractivity contribution is -0.605. The topological polar surface area (TPSA) is 62.2 Å². The van der Waals surface area contributed by atoms with Crippen molar-refractivity contribution >= 4 is 12.4 Å². The second kappa shape index (κ2) is 5.62. The van der Waals surface area contributed by atoms with Gasteiger partial charge in [0.15, 0.2) is 11.9 Å². The van der Waals surface area contributed by atoms with Crippen molar-refractivity contribution in [2.75, 3.05) is 13.2 Å². The second-order valence-electron chi connectivity index (χ2n) is 2.04. The summed E-state index contributed by atoms with van der Waals surface area (Å²) in [5.74, 6) is 0.549. The van der Waals surface area contributed by atoms with E-state index in [1.807, 2.05) is 0 Å². The van der Waals surface area contributed by atoms with Gasteiger partial charge in [-0.25, -0.2) is 0 Å². The Hall–Kier alpha value is -1.00. The van der Waals surface area contributed by atoms with Crippen molar-refractivity contribution in [1.29, 1.82) is 0 Å². The first kappa shape index (κ1) is 11.0. The van der Waals surface area contributed by atoms with Crippen LogP contribution < -0.4 is 15.2 Å². The average Bonchev–Trinajstić information content (AvgIpc) is 2.01. The number of nitrogens with two attached hydrogens (primary N) is 1. The quantitative estimate of drug-likeness (QED) is 0.543. The highest BCUT2D eigenvalue weighted by molar-refractivity contribution is 5.85. The summed E-state index contributed by atoms with van der Waals surface area (Å²) in [5.41, 5.74) is 5.20. The van der Waals surface area contributed by atoms with E-state index in [0.717, 1.165) is 0 Å². The Balaban J connectivity index is 0.00000121. The molecule has 68 valence electrons.